The van der Waals surface area contributed by atoms with Gasteiger partial charge in [-0.15, -0.1) is 0 Å². The molecule has 4 rings (SSSR count). The van der Waals surface area contributed by atoms with Gasteiger partial charge in [-0.3, -0.25) is 4.90 Å². The fraction of sp³-hybridized carbons (Fsp3) is 0.435. The lowest BCUT2D eigenvalue weighted by molar-refractivity contribution is 0.108. The maximum atomic E-state index is 5.67. The molecule has 2 aromatic carbocycles. The molecule has 0 bridgehead atoms. The van der Waals surface area contributed by atoms with Crippen molar-refractivity contribution < 1.29 is 0 Å². The molecular formula is C23H30N4S. The Labute approximate surface area is 173 Å². The highest BCUT2D eigenvalue weighted by Crippen LogP contribution is 2.24. The number of para-hydroxylation sites is 1. The van der Waals surface area contributed by atoms with Gasteiger partial charge in [0.1, 0.15) is 0 Å². The summed E-state index contributed by atoms with van der Waals surface area (Å²) in [6, 6.07) is 19.3. The first-order valence-corrected chi connectivity index (χ1v) is 10.9. The molecule has 0 unspecified atom stereocenters. The second-order valence-electron chi connectivity index (χ2n) is 7.81. The van der Waals surface area contributed by atoms with E-state index in [1.54, 1.807) is 0 Å². The fourth-order valence-electron chi connectivity index (χ4n) is 4.26. The van der Waals surface area contributed by atoms with E-state index >= 15 is 0 Å². The molecule has 1 aliphatic carbocycles. The van der Waals surface area contributed by atoms with E-state index in [1.165, 1.54) is 32.1 Å². The number of rotatable bonds is 4. The molecule has 1 saturated carbocycles. The zero-order valence-electron chi connectivity index (χ0n) is 16.4. The van der Waals surface area contributed by atoms with E-state index in [0.717, 1.165) is 54.4 Å². The van der Waals surface area contributed by atoms with E-state index in [0.29, 0.717) is 0 Å². The number of nitrogens with zero attached hydrogens (tertiary/aromatic N) is 2. The molecule has 2 fully saturated rings. The van der Waals surface area contributed by atoms with E-state index in [-0.39, 0.29) is 0 Å². The number of nitrogens with one attached hydrogen (secondary N) is 2. The standard InChI is InChI=1S/C23H30N4S/c28-23(27-17-15-26(16-18-27)22-9-5-2-6-10-22)25-21-13-11-20(12-14-21)24-19-7-3-1-4-8-19/h1,3-4,7-8,11-14,22,24H,2,5-6,9-10,15-18H2,(H,25,28). The van der Waals surface area contributed by atoms with Crippen LogP contribution in [0.2, 0.25) is 0 Å². The lowest BCUT2D eigenvalue weighted by Crippen LogP contribution is -2.53. The average molecular weight is 395 g/mol. The number of anilines is 3. The van der Waals surface area contributed by atoms with Crippen LogP contribution in [0.15, 0.2) is 54.6 Å². The first-order chi connectivity index (χ1) is 13.8. The summed E-state index contributed by atoms with van der Waals surface area (Å²) in [5, 5.41) is 7.66. The number of hydrogen-bond acceptors (Lipinski definition) is 3. The van der Waals surface area contributed by atoms with Gasteiger partial charge in [0.25, 0.3) is 0 Å². The first-order valence-electron chi connectivity index (χ1n) is 10.5. The van der Waals surface area contributed by atoms with Gasteiger partial charge in [-0.2, -0.15) is 0 Å². The van der Waals surface area contributed by atoms with Crippen molar-refractivity contribution >= 4 is 34.4 Å². The molecule has 0 aromatic heterocycles. The normalized spacial score (nSPS) is 18.6. The van der Waals surface area contributed by atoms with Crippen molar-refractivity contribution in [2.45, 2.75) is 38.1 Å². The molecular weight excluding hydrogens is 364 g/mol. The molecule has 1 saturated heterocycles. The Morgan fingerprint density at radius 2 is 1.36 bits per heavy atom. The number of benzene rings is 2. The Kier molecular flexibility index (Phi) is 6.45. The molecule has 2 aliphatic rings. The van der Waals surface area contributed by atoms with Gasteiger partial charge < -0.3 is 15.5 Å². The Balaban J connectivity index is 1.26. The third kappa shape index (κ3) is 5.03. The molecule has 5 heteroatoms. The summed E-state index contributed by atoms with van der Waals surface area (Å²) in [5.41, 5.74) is 3.21. The Morgan fingerprint density at radius 1 is 0.750 bits per heavy atom. The average Bonchev–Trinajstić information content (AvgIpc) is 2.76. The molecule has 0 spiro atoms. The van der Waals surface area contributed by atoms with Crippen LogP contribution in [-0.2, 0) is 0 Å². The quantitative estimate of drug-likeness (QED) is 0.707. The van der Waals surface area contributed by atoms with Crippen LogP contribution >= 0.6 is 12.2 Å². The highest BCUT2D eigenvalue weighted by molar-refractivity contribution is 7.80. The Morgan fingerprint density at radius 3 is 2.04 bits per heavy atom. The molecule has 0 atom stereocenters. The predicted molar refractivity (Wildman–Crippen MR) is 122 cm³/mol. The minimum Gasteiger partial charge on any atom is -0.356 e. The van der Waals surface area contributed by atoms with Gasteiger partial charge >= 0.3 is 0 Å². The van der Waals surface area contributed by atoms with Gasteiger partial charge in [-0.05, 0) is 61.5 Å². The highest BCUT2D eigenvalue weighted by Gasteiger charge is 2.25. The summed E-state index contributed by atoms with van der Waals surface area (Å²) in [6.45, 7) is 4.31. The minimum atomic E-state index is 0.807. The Bertz CT molecular complexity index is 748. The van der Waals surface area contributed by atoms with Crippen molar-refractivity contribution in [2.24, 2.45) is 0 Å². The van der Waals surface area contributed by atoms with E-state index < -0.39 is 0 Å². The summed E-state index contributed by atoms with van der Waals surface area (Å²) in [7, 11) is 0. The van der Waals surface area contributed by atoms with Crippen molar-refractivity contribution in [1.82, 2.24) is 9.80 Å². The molecule has 0 radical (unpaired) electrons. The van der Waals surface area contributed by atoms with Crippen LogP contribution in [0.5, 0.6) is 0 Å². The zero-order chi connectivity index (χ0) is 19.2. The van der Waals surface area contributed by atoms with Crippen LogP contribution < -0.4 is 10.6 Å². The van der Waals surface area contributed by atoms with Crippen molar-refractivity contribution in [3.63, 3.8) is 0 Å². The lowest BCUT2D eigenvalue weighted by Gasteiger charge is -2.41. The first kappa shape index (κ1) is 19.2. The van der Waals surface area contributed by atoms with E-state index in [2.05, 4.69) is 56.8 Å². The summed E-state index contributed by atoms with van der Waals surface area (Å²) in [4.78, 5) is 4.99. The molecule has 28 heavy (non-hydrogen) atoms. The highest BCUT2D eigenvalue weighted by atomic mass is 32.1. The third-order valence-electron chi connectivity index (χ3n) is 5.89. The molecule has 0 amide bonds. The van der Waals surface area contributed by atoms with Crippen molar-refractivity contribution in [1.29, 1.82) is 0 Å². The maximum Gasteiger partial charge on any atom is 0.173 e. The zero-order valence-corrected chi connectivity index (χ0v) is 17.3. The third-order valence-corrected chi connectivity index (χ3v) is 6.25. The SMILES string of the molecule is S=C(Nc1ccc(Nc2ccccc2)cc1)N1CCN(C2CCCCC2)CC1. The van der Waals surface area contributed by atoms with Crippen LogP contribution in [0.4, 0.5) is 17.1 Å². The van der Waals surface area contributed by atoms with Crippen molar-refractivity contribution in [3.8, 4) is 0 Å². The smallest absolute Gasteiger partial charge is 0.173 e. The maximum absolute atomic E-state index is 5.67. The van der Waals surface area contributed by atoms with E-state index in [4.69, 9.17) is 12.2 Å². The van der Waals surface area contributed by atoms with Gasteiger partial charge in [0.2, 0.25) is 0 Å². The van der Waals surface area contributed by atoms with Crippen LogP contribution in [0.3, 0.4) is 0 Å². The molecule has 148 valence electrons. The summed E-state index contributed by atoms with van der Waals surface area (Å²) >= 11 is 5.67. The summed E-state index contributed by atoms with van der Waals surface area (Å²) in [5.74, 6) is 0. The predicted octanol–water partition coefficient (Wildman–Crippen LogP) is 5.08. The van der Waals surface area contributed by atoms with Gasteiger partial charge in [-0.25, -0.2) is 0 Å². The molecule has 1 aliphatic heterocycles. The minimum absolute atomic E-state index is 0.807. The largest absolute Gasteiger partial charge is 0.356 e. The van der Waals surface area contributed by atoms with Gasteiger partial charge in [-0.1, -0.05) is 37.5 Å². The lowest BCUT2D eigenvalue weighted by atomic mass is 9.94. The van der Waals surface area contributed by atoms with Crippen LogP contribution in [0.25, 0.3) is 0 Å². The van der Waals surface area contributed by atoms with Crippen molar-refractivity contribution in [2.75, 3.05) is 36.8 Å². The summed E-state index contributed by atoms with van der Waals surface area (Å²) < 4.78 is 0. The Hall–Kier alpha value is -2.11. The fourth-order valence-corrected chi connectivity index (χ4v) is 4.56. The number of piperazine rings is 1. The molecule has 2 N–H and O–H groups in total. The number of thiocarbonyl (C=S) groups is 1. The molecule has 1 heterocycles. The van der Waals surface area contributed by atoms with Crippen molar-refractivity contribution in [3.05, 3.63) is 54.6 Å². The van der Waals surface area contributed by atoms with Crippen LogP contribution in [-0.4, -0.2) is 47.1 Å². The number of hydrogen-bond donors (Lipinski definition) is 2. The van der Waals surface area contributed by atoms with Gasteiger partial charge in [0.15, 0.2) is 5.11 Å². The second-order valence-corrected chi connectivity index (χ2v) is 8.20. The van der Waals surface area contributed by atoms with Crippen LogP contribution in [0.1, 0.15) is 32.1 Å². The summed E-state index contributed by atoms with van der Waals surface area (Å²) in [6.07, 6.45) is 6.99. The van der Waals surface area contributed by atoms with E-state index in [9.17, 15) is 0 Å². The van der Waals surface area contributed by atoms with Gasteiger partial charge in [0.05, 0.1) is 0 Å². The topological polar surface area (TPSA) is 30.5 Å². The molecule has 4 nitrogen and oxygen atoms in total. The van der Waals surface area contributed by atoms with Crippen LogP contribution in [0, 0.1) is 0 Å². The molecule has 2 aromatic rings. The van der Waals surface area contributed by atoms with Gasteiger partial charge in [0, 0.05) is 49.3 Å². The second kappa shape index (κ2) is 9.39. The van der Waals surface area contributed by atoms with E-state index in [1.807, 2.05) is 18.2 Å². The monoisotopic (exact) mass is 394 g/mol.